The van der Waals surface area contributed by atoms with E-state index in [-0.39, 0.29) is 17.9 Å². The van der Waals surface area contributed by atoms with Crippen molar-refractivity contribution >= 4 is 34.8 Å². The fourth-order valence-corrected chi connectivity index (χ4v) is 5.18. The number of nitrogens with two attached hydrogens (primary N) is 1. The Morgan fingerprint density at radius 1 is 0.909 bits per heavy atom. The zero-order valence-electron chi connectivity index (χ0n) is 18.9. The second kappa shape index (κ2) is 10.7. The minimum Gasteiger partial charge on any atom is -0.348 e. The minimum absolute atomic E-state index is 0.0454. The Morgan fingerprint density at radius 2 is 1.48 bits per heavy atom. The molecule has 0 heterocycles. The molecule has 0 aliphatic heterocycles. The molecule has 0 aromatic heterocycles. The van der Waals surface area contributed by atoms with Crippen molar-refractivity contribution in [3.63, 3.8) is 0 Å². The van der Waals surface area contributed by atoms with Crippen LogP contribution in [0.15, 0.2) is 78.9 Å². The number of quaternary nitrogens is 1. The number of carbonyl (C=O) groups is 1. The van der Waals surface area contributed by atoms with Crippen LogP contribution in [0.2, 0.25) is 10.0 Å². The van der Waals surface area contributed by atoms with E-state index < -0.39 is 5.54 Å². The van der Waals surface area contributed by atoms with Gasteiger partial charge < -0.3 is 10.6 Å². The zero-order valence-corrected chi connectivity index (χ0v) is 20.4. The van der Waals surface area contributed by atoms with Crippen molar-refractivity contribution in [2.75, 3.05) is 0 Å². The lowest BCUT2D eigenvalue weighted by atomic mass is 9.85. The summed E-state index contributed by atoms with van der Waals surface area (Å²) in [5, 5.41) is 7.01. The van der Waals surface area contributed by atoms with Gasteiger partial charge in [-0.1, -0.05) is 65.7 Å². The first-order chi connectivity index (χ1) is 15.9. The Labute approximate surface area is 206 Å². The monoisotopic (exact) mass is 481 g/mol. The summed E-state index contributed by atoms with van der Waals surface area (Å²) in [5.74, 6) is 0.244. The van der Waals surface area contributed by atoms with Crippen LogP contribution in [-0.4, -0.2) is 17.5 Å². The van der Waals surface area contributed by atoms with E-state index in [4.69, 9.17) is 23.2 Å². The molecule has 3 nitrogen and oxygen atoms in total. The summed E-state index contributed by atoms with van der Waals surface area (Å²) in [5.41, 5.74) is 3.01. The predicted molar refractivity (Wildman–Crippen MR) is 136 cm³/mol. The highest BCUT2D eigenvalue weighted by Crippen LogP contribution is 2.30. The van der Waals surface area contributed by atoms with Gasteiger partial charge in [0.2, 0.25) is 0 Å². The van der Waals surface area contributed by atoms with Crippen molar-refractivity contribution in [1.29, 1.82) is 0 Å². The quantitative estimate of drug-likeness (QED) is 0.378. The highest BCUT2D eigenvalue weighted by Gasteiger charge is 2.46. The Morgan fingerprint density at radius 3 is 2.09 bits per heavy atom. The smallest absolute Gasteiger partial charge is 0.281 e. The Hall–Kier alpha value is -2.33. The van der Waals surface area contributed by atoms with Gasteiger partial charge in [-0.25, -0.2) is 0 Å². The maximum Gasteiger partial charge on any atom is 0.281 e. The average molecular weight is 482 g/mol. The summed E-state index contributed by atoms with van der Waals surface area (Å²) in [6.45, 7) is 2.11. The van der Waals surface area contributed by atoms with Crippen molar-refractivity contribution in [2.24, 2.45) is 0 Å². The third kappa shape index (κ3) is 5.97. The standard InChI is InChI=1S/C28H30Cl2N2O/c1-20(31-27(33)28(17-5-6-18-28)32-25-7-3-2-4-8-25)26(22-11-15-24(30)16-12-22)19-21-9-13-23(29)14-10-21/h2-4,7-16,20,26,32H,5-6,17-19H2,1H3,(H,31,33)/p+1/t20-,26+/m1/s1. The second-order valence-electron chi connectivity index (χ2n) is 9.17. The number of halogens is 2. The van der Waals surface area contributed by atoms with Crippen molar-refractivity contribution in [3.05, 3.63) is 100 Å². The lowest BCUT2D eigenvalue weighted by Gasteiger charge is -2.31. The molecule has 172 valence electrons. The molecule has 1 fully saturated rings. The zero-order chi connectivity index (χ0) is 23.3. The van der Waals surface area contributed by atoms with Crippen LogP contribution < -0.4 is 10.6 Å². The summed E-state index contributed by atoms with van der Waals surface area (Å²) < 4.78 is 0. The van der Waals surface area contributed by atoms with E-state index in [2.05, 4.69) is 54.0 Å². The molecule has 1 saturated carbocycles. The lowest BCUT2D eigenvalue weighted by molar-refractivity contribution is -0.637. The van der Waals surface area contributed by atoms with E-state index in [1.807, 2.05) is 42.5 Å². The summed E-state index contributed by atoms with van der Waals surface area (Å²) in [4.78, 5) is 13.7. The van der Waals surface area contributed by atoms with Gasteiger partial charge in [-0.3, -0.25) is 4.79 Å². The van der Waals surface area contributed by atoms with Crippen LogP contribution in [0, 0.1) is 0 Å². The Balaban J connectivity index is 1.55. The summed E-state index contributed by atoms with van der Waals surface area (Å²) in [6, 6.07) is 26.1. The van der Waals surface area contributed by atoms with Crippen LogP contribution in [0.4, 0.5) is 5.69 Å². The minimum atomic E-state index is -0.444. The van der Waals surface area contributed by atoms with Crippen molar-refractivity contribution < 1.29 is 10.1 Å². The maximum atomic E-state index is 13.7. The molecule has 1 amide bonds. The van der Waals surface area contributed by atoms with Crippen LogP contribution >= 0.6 is 23.2 Å². The van der Waals surface area contributed by atoms with Crippen LogP contribution in [-0.2, 0) is 11.2 Å². The number of amides is 1. The van der Waals surface area contributed by atoms with Gasteiger partial charge in [0.15, 0.2) is 5.54 Å². The molecule has 0 spiro atoms. The summed E-state index contributed by atoms with van der Waals surface area (Å²) in [7, 11) is 0. The fourth-order valence-electron chi connectivity index (χ4n) is 4.93. The van der Waals surface area contributed by atoms with E-state index in [0.29, 0.717) is 5.02 Å². The number of hydrogen-bond acceptors (Lipinski definition) is 1. The van der Waals surface area contributed by atoms with Gasteiger partial charge in [-0.15, -0.1) is 0 Å². The lowest BCUT2D eigenvalue weighted by Crippen LogP contribution is -2.95. The van der Waals surface area contributed by atoms with Crippen LogP contribution in [0.25, 0.3) is 0 Å². The number of rotatable bonds is 8. The molecule has 3 aromatic carbocycles. The van der Waals surface area contributed by atoms with E-state index >= 15 is 0 Å². The molecule has 33 heavy (non-hydrogen) atoms. The highest BCUT2D eigenvalue weighted by molar-refractivity contribution is 6.30. The first-order valence-electron chi connectivity index (χ1n) is 11.7. The van der Waals surface area contributed by atoms with Gasteiger partial charge in [0.05, 0.1) is 0 Å². The number of hydrogen-bond donors (Lipinski definition) is 2. The molecular formula is C28H31Cl2N2O+. The molecule has 5 heteroatoms. The number of benzene rings is 3. The molecule has 0 unspecified atom stereocenters. The van der Waals surface area contributed by atoms with Crippen LogP contribution in [0.3, 0.4) is 0 Å². The van der Waals surface area contributed by atoms with Gasteiger partial charge >= 0.3 is 0 Å². The van der Waals surface area contributed by atoms with Gasteiger partial charge in [-0.2, -0.15) is 0 Å². The molecule has 1 aliphatic carbocycles. The van der Waals surface area contributed by atoms with E-state index in [1.165, 1.54) is 5.56 Å². The maximum absolute atomic E-state index is 13.7. The number of nitrogens with one attached hydrogen (secondary N) is 1. The fraction of sp³-hybridized carbons (Fsp3) is 0.321. The third-order valence-corrected chi connectivity index (χ3v) is 7.32. The topological polar surface area (TPSA) is 45.7 Å². The average Bonchev–Trinajstić information content (AvgIpc) is 3.30. The van der Waals surface area contributed by atoms with E-state index in [1.54, 1.807) is 0 Å². The molecule has 1 aliphatic rings. The van der Waals surface area contributed by atoms with E-state index in [9.17, 15) is 4.79 Å². The van der Waals surface area contributed by atoms with E-state index in [0.717, 1.165) is 48.4 Å². The summed E-state index contributed by atoms with van der Waals surface area (Å²) >= 11 is 12.2. The molecule has 0 bridgehead atoms. The predicted octanol–water partition coefficient (Wildman–Crippen LogP) is 6.03. The molecule has 0 saturated heterocycles. The molecule has 3 N–H and O–H groups in total. The highest BCUT2D eigenvalue weighted by atomic mass is 35.5. The normalized spacial score (nSPS) is 16.8. The van der Waals surface area contributed by atoms with Gasteiger partial charge in [0, 0.05) is 34.8 Å². The Kier molecular flexibility index (Phi) is 7.75. The SMILES string of the molecule is C[C@@H](NC(=O)C1([NH2+]c2ccccc2)CCCC1)[C@H](Cc1ccc(Cl)cc1)c1ccc(Cl)cc1. The van der Waals surface area contributed by atoms with Crippen LogP contribution in [0.1, 0.15) is 49.7 Å². The molecular weight excluding hydrogens is 451 g/mol. The summed E-state index contributed by atoms with van der Waals surface area (Å²) in [6.07, 6.45) is 4.75. The largest absolute Gasteiger partial charge is 0.348 e. The Bertz CT molecular complexity index is 1050. The first kappa shape index (κ1) is 23.8. The molecule has 4 rings (SSSR count). The molecule has 0 radical (unpaired) electrons. The van der Waals surface area contributed by atoms with Crippen molar-refractivity contribution in [3.8, 4) is 0 Å². The van der Waals surface area contributed by atoms with Crippen molar-refractivity contribution in [2.45, 2.75) is 56.5 Å². The third-order valence-electron chi connectivity index (χ3n) is 6.82. The van der Waals surface area contributed by atoms with Gasteiger partial charge in [0.25, 0.3) is 5.91 Å². The molecule has 3 aromatic rings. The number of carbonyl (C=O) groups excluding carboxylic acids is 1. The first-order valence-corrected chi connectivity index (χ1v) is 12.4. The van der Waals surface area contributed by atoms with Gasteiger partial charge in [-0.05, 0) is 73.7 Å². The van der Waals surface area contributed by atoms with Crippen molar-refractivity contribution in [1.82, 2.24) is 5.32 Å². The second-order valence-corrected chi connectivity index (χ2v) is 10.0. The molecule has 2 atom stereocenters. The number of para-hydroxylation sites is 1. The van der Waals surface area contributed by atoms with Gasteiger partial charge in [0.1, 0.15) is 5.69 Å². The van der Waals surface area contributed by atoms with Crippen LogP contribution in [0.5, 0.6) is 0 Å².